The molecule has 0 fully saturated rings. The van der Waals surface area contributed by atoms with E-state index < -0.39 is 69.8 Å². The molecule has 1 aliphatic rings. The van der Waals surface area contributed by atoms with Gasteiger partial charge in [0.05, 0.1) is 34.9 Å². The molecule has 1 amide bonds. The van der Waals surface area contributed by atoms with Crippen LogP contribution in [0.4, 0.5) is 37.8 Å². The van der Waals surface area contributed by atoms with Crippen LogP contribution in [0.1, 0.15) is 53.3 Å². The zero-order valence-corrected chi connectivity index (χ0v) is 28.4. The van der Waals surface area contributed by atoms with Crippen molar-refractivity contribution in [2.45, 2.75) is 51.6 Å². The molecule has 0 aliphatic heterocycles. The number of anilines is 2. The first-order valence-electron chi connectivity index (χ1n) is 15.5. The highest BCUT2D eigenvalue weighted by atomic mass is 32.2. The molecule has 1 aliphatic carbocycles. The number of nitrogens with zero attached hydrogens (tertiary/aromatic N) is 5. The lowest BCUT2D eigenvalue weighted by Crippen LogP contribution is -2.35. The van der Waals surface area contributed by atoms with E-state index in [1.165, 1.54) is 11.6 Å². The van der Waals surface area contributed by atoms with E-state index in [1.807, 2.05) is 0 Å². The normalized spacial score (nSPS) is 16.1. The second-order valence-electron chi connectivity index (χ2n) is 12.6. The molecule has 0 spiro atoms. The lowest BCUT2D eigenvalue weighted by molar-refractivity contribution is -0.123. The SMILES string of the molecule is Cc1nc(C(Cc2cc(F)cc(F)c2)NC(=O)Cn2nc(C(F)F)c3c2C(F)(F)C(C)C3)c(-c2cccc3c(NS(C)(=O)=O)nn(C)c23)cc1N. The Labute approximate surface area is 287 Å². The van der Waals surface area contributed by atoms with Gasteiger partial charge in [0.15, 0.2) is 5.82 Å². The molecule has 4 N–H and O–H groups in total. The summed E-state index contributed by atoms with van der Waals surface area (Å²) < 4.78 is 115. The summed E-state index contributed by atoms with van der Waals surface area (Å²) in [5.74, 6) is -7.54. The number of para-hydroxylation sites is 1. The summed E-state index contributed by atoms with van der Waals surface area (Å²) in [4.78, 5) is 18.4. The van der Waals surface area contributed by atoms with Crippen LogP contribution in [0.3, 0.4) is 0 Å². The zero-order valence-electron chi connectivity index (χ0n) is 27.6. The van der Waals surface area contributed by atoms with E-state index in [0.29, 0.717) is 38.5 Å². The van der Waals surface area contributed by atoms with Crippen LogP contribution in [-0.2, 0) is 47.2 Å². The summed E-state index contributed by atoms with van der Waals surface area (Å²) >= 11 is 0. The highest BCUT2D eigenvalue weighted by molar-refractivity contribution is 7.92. The summed E-state index contributed by atoms with van der Waals surface area (Å²) in [6.07, 6.45) is -2.81. The van der Waals surface area contributed by atoms with Crippen molar-refractivity contribution in [1.29, 1.82) is 0 Å². The number of benzene rings is 2. The molecule has 51 heavy (non-hydrogen) atoms. The lowest BCUT2D eigenvalue weighted by atomic mass is 9.93. The number of alkyl halides is 4. The average Bonchev–Trinajstić information content (AvgIpc) is 3.61. The summed E-state index contributed by atoms with van der Waals surface area (Å²) in [5, 5.41) is 11.1. The summed E-state index contributed by atoms with van der Waals surface area (Å²) in [7, 11) is -2.15. The predicted molar refractivity (Wildman–Crippen MR) is 176 cm³/mol. The molecule has 3 aromatic heterocycles. The molecule has 18 heteroatoms. The number of sulfonamides is 1. The Hall–Kier alpha value is -5.13. The van der Waals surface area contributed by atoms with Crippen LogP contribution in [0.2, 0.25) is 0 Å². The minimum absolute atomic E-state index is 0.0348. The van der Waals surface area contributed by atoms with Crippen molar-refractivity contribution in [3.8, 4) is 11.1 Å². The molecule has 2 unspecified atom stereocenters. The lowest BCUT2D eigenvalue weighted by Gasteiger charge is -2.24. The third kappa shape index (κ3) is 6.83. The maximum absolute atomic E-state index is 15.2. The van der Waals surface area contributed by atoms with Gasteiger partial charge in [0.25, 0.3) is 12.3 Å². The van der Waals surface area contributed by atoms with Crippen LogP contribution < -0.4 is 15.8 Å². The minimum Gasteiger partial charge on any atom is -0.397 e. The van der Waals surface area contributed by atoms with E-state index in [1.54, 1.807) is 38.2 Å². The van der Waals surface area contributed by atoms with Crippen LogP contribution in [0.15, 0.2) is 42.5 Å². The molecule has 2 aromatic carbocycles. The Balaban J connectivity index is 1.48. The first kappa shape index (κ1) is 35.7. The number of fused-ring (bicyclic) bond motifs is 2. The summed E-state index contributed by atoms with van der Waals surface area (Å²) in [5.41, 5.74) is 6.35. The molecular formula is C33H32F6N8O3S. The van der Waals surface area contributed by atoms with Crippen molar-refractivity contribution in [2.75, 3.05) is 16.7 Å². The number of aromatic nitrogens is 5. The van der Waals surface area contributed by atoms with Gasteiger partial charge in [-0.15, -0.1) is 0 Å². The maximum Gasteiger partial charge on any atom is 0.292 e. The fourth-order valence-corrected chi connectivity index (χ4v) is 7.03. The molecule has 0 saturated heterocycles. The van der Waals surface area contributed by atoms with Crippen LogP contribution in [0, 0.1) is 24.5 Å². The van der Waals surface area contributed by atoms with Gasteiger partial charge in [-0.25, -0.2) is 26.0 Å². The summed E-state index contributed by atoms with van der Waals surface area (Å²) in [6, 6.07) is 8.05. The van der Waals surface area contributed by atoms with Gasteiger partial charge in [-0.3, -0.25) is 23.9 Å². The highest BCUT2D eigenvalue weighted by Crippen LogP contribution is 2.48. The maximum atomic E-state index is 15.2. The molecule has 270 valence electrons. The van der Waals surface area contributed by atoms with Crippen molar-refractivity contribution in [1.82, 2.24) is 29.9 Å². The van der Waals surface area contributed by atoms with Gasteiger partial charge in [-0.05, 0) is 49.6 Å². The smallest absolute Gasteiger partial charge is 0.292 e. The number of carbonyl (C=O) groups is 1. The van der Waals surface area contributed by atoms with Gasteiger partial charge >= 0.3 is 0 Å². The predicted octanol–water partition coefficient (Wildman–Crippen LogP) is 5.69. The van der Waals surface area contributed by atoms with Crippen LogP contribution in [0.5, 0.6) is 0 Å². The largest absolute Gasteiger partial charge is 0.397 e. The zero-order chi connectivity index (χ0) is 37.2. The third-order valence-electron chi connectivity index (χ3n) is 8.77. The Bertz CT molecular complexity index is 2290. The molecule has 2 atom stereocenters. The van der Waals surface area contributed by atoms with E-state index in [2.05, 4.69) is 25.2 Å². The first-order valence-corrected chi connectivity index (χ1v) is 17.4. The summed E-state index contributed by atoms with van der Waals surface area (Å²) in [6.45, 7) is 1.92. The standard InChI is InChI=1S/C33H32F6N8O3S/c1-15-8-23-28(31(36)37)43-47(30(23)33(15,38)39)14-26(48)42-25(11-17-9-18(34)12-19(35)10-17)27-22(13-24(40)16(2)41-27)20-6-5-7-21-29(20)46(3)44-32(21)45-51(4,49)50/h5-7,9-10,12-13,15,25,31H,8,11,14,40H2,1-4H3,(H,42,48)(H,44,45). The topological polar surface area (TPSA) is 150 Å². The van der Waals surface area contributed by atoms with Crippen molar-refractivity contribution in [3.63, 3.8) is 0 Å². The van der Waals surface area contributed by atoms with Gasteiger partial charge in [-0.1, -0.05) is 19.1 Å². The molecule has 11 nitrogen and oxygen atoms in total. The Morgan fingerprint density at radius 1 is 1.08 bits per heavy atom. The van der Waals surface area contributed by atoms with Crippen molar-refractivity contribution >= 4 is 38.3 Å². The quantitative estimate of drug-likeness (QED) is 0.156. The van der Waals surface area contributed by atoms with E-state index in [9.17, 15) is 30.8 Å². The van der Waals surface area contributed by atoms with Gasteiger partial charge in [0.2, 0.25) is 15.9 Å². The average molecular weight is 735 g/mol. The van der Waals surface area contributed by atoms with Crippen molar-refractivity contribution in [2.24, 2.45) is 13.0 Å². The molecule has 0 bridgehead atoms. The van der Waals surface area contributed by atoms with Gasteiger partial charge < -0.3 is 11.1 Å². The Morgan fingerprint density at radius 3 is 2.41 bits per heavy atom. The number of aryl methyl sites for hydroxylation is 2. The Morgan fingerprint density at radius 2 is 1.76 bits per heavy atom. The molecule has 3 heterocycles. The number of nitrogen functional groups attached to an aromatic ring is 1. The number of nitrogens with one attached hydrogen (secondary N) is 2. The monoisotopic (exact) mass is 734 g/mol. The number of pyridine rings is 1. The number of hydrogen-bond donors (Lipinski definition) is 3. The third-order valence-corrected chi connectivity index (χ3v) is 9.34. The molecule has 5 aromatic rings. The first-order chi connectivity index (χ1) is 23.8. The fraction of sp³-hybridized carbons (Fsp3) is 0.333. The van der Waals surface area contributed by atoms with Crippen LogP contribution in [0.25, 0.3) is 22.0 Å². The second-order valence-corrected chi connectivity index (χ2v) is 14.4. The molecule has 0 saturated carbocycles. The number of nitrogens with two attached hydrogens (primary N) is 1. The van der Waals surface area contributed by atoms with Gasteiger partial charge in [-0.2, -0.15) is 19.0 Å². The molecule has 0 radical (unpaired) electrons. The van der Waals surface area contributed by atoms with E-state index >= 15 is 8.78 Å². The van der Waals surface area contributed by atoms with E-state index in [0.717, 1.165) is 18.4 Å². The van der Waals surface area contributed by atoms with Crippen molar-refractivity contribution in [3.05, 3.63) is 88.0 Å². The van der Waals surface area contributed by atoms with Gasteiger partial charge in [0.1, 0.15) is 29.6 Å². The number of halogens is 6. The number of rotatable bonds is 10. The van der Waals surface area contributed by atoms with Crippen LogP contribution >= 0.6 is 0 Å². The number of hydrogen-bond acceptors (Lipinski definition) is 7. The number of carbonyl (C=O) groups excluding carboxylic acids is 1. The van der Waals surface area contributed by atoms with E-state index in [4.69, 9.17) is 5.73 Å². The molecular weight excluding hydrogens is 702 g/mol. The number of amides is 1. The Kier molecular flexibility index (Phi) is 9.02. The van der Waals surface area contributed by atoms with Gasteiger partial charge in [0, 0.05) is 41.1 Å². The minimum atomic E-state index is -3.73. The van der Waals surface area contributed by atoms with E-state index in [-0.39, 0.29) is 41.2 Å². The fourth-order valence-electron chi connectivity index (χ4n) is 6.53. The van der Waals surface area contributed by atoms with Crippen LogP contribution in [-0.4, -0.2) is 45.1 Å². The van der Waals surface area contributed by atoms with Crippen molar-refractivity contribution < 1.29 is 39.6 Å². The highest BCUT2D eigenvalue weighted by Gasteiger charge is 2.51. The molecule has 6 rings (SSSR count). The second kappa shape index (κ2) is 12.9.